The second-order valence-corrected chi connectivity index (χ2v) is 9.59. The number of benzene rings is 4. The summed E-state index contributed by atoms with van der Waals surface area (Å²) in [6, 6.07) is 32.7. The van der Waals surface area contributed by atoms with E-state index >= 15 is 0 Å². The first-order chi connectivity index (χ1) is 20.0. The third-order valence-corrected chi connectivity index (χ3v) is 6.72. The van der Waals surface area contributed by atoms with Gasteiger partial charge in [-0.3, -0.25) is 9.59 Å². The van der Waals surface area contributed by atoms with Crippen molar-refractivity contribution < 1.29 is 23.8 Å². The number of oxazole rings is 1. The number of rotatable bonds is 12. The topological polar surface area (TPSA) is 102 Å². The number of hydrogen-bond donors (Lipinski definition) is 2. The Kier molecular flexibility index (Phi) is 8.55. The number of aliphatic carboxylic acids is 1. The van der Waals surface area contributed by atoms with Crippen molar-refractivity contribution in [3.63, 3.8) is 0 Å². The molecule has 0 amide bonds. The van der Waals surface area contributed by atoms with E-state index in [4.69, 9.17) is 9.15 Å². The Balaban J connectivity index is 1.25. The number of ether oxygens (including phenoxy) is 1. The fraction of sp³-hybridized carbons (Fsp3) is 0.147. The largest absolute Gasteiger partial charge is 0.493 e. The summed E-state index contributed by atoms with van der Waals surface area (Å²) in [6.45, 7) is 2.30. The molecule has 0 fully saturated rings. The Hall–Kier alpha value is -5.17. The smallest absolute Gasteiger partial charge is 0.305 e. The predicted molar refractivity (Wildman–Crippen MR) is 157 cm³/mol. The van der Waals surface area contributed by atoms with Crippen LogP contribution in [0.5, 0.6) is 5.75 Å². The Morgan fingerprint density at radius 3 is 2.24 bits per heavy atom. The minimum absolute atomic E-state index is 0.134. The number of aryl methyl sites for hydroxylation is 1. The molecular weight excluding hydrogens is 516 g/mol. The Bertz CT molecular complexity index is 1610. The second-order valence-electron chi connectivity index (χ2n) is 9.59. The van der Waals surface area contributed by atoms with Gasteiger partial charge in [-0.2, -0.15) is 0 Å². The summed E-state index contributed by atoms with van der Waals surface area (Å²) in [6.07, 6.45) is 0.419. The van der Waals surface area contributed by atoms with Crippen molar-refractivity contribution in [1.29, 1.82) is 0 Å². The molecule has 0 saturated carbocycles. The van der Waals surface area contributed by atoms with Crippen LogP contribution in [0.25, 0.3) is 11.5 Å². The van der Waals surface area contributed by atoms with E-state index in [9.17, 15) is 14.7 Å². The minimum atomic E-state index is -0.951. The van der Waals surface area contributed by atoms with Crippen molar-refractivity contribution in [2.45, 2.75) is 25.8 Å². The molecule has 41 heavy (non-hydrogen) atoms. The van der Waals surface area contributed by atoms with E-state index < -0.39 is 12.0 Å². The summed E-state index contributed by atoms with van der Waals surface area (Å²) in [5.41, 5.74) is 4.15. The van der Waals surface area contributed by atoms with Crippen LogP contribution >= 0.6 is 0 Å². The summed E-state index contributed by atoms with van der Waals surface area (Å²) >= 11 is 0. The number of anilines is 1. The lowest BCUT2D eigenvalue weighted by Crippen LogP contribution is -2.17. The van der Waals surface area contributed by atoms with Gasteiger partial charge in [0.15, 0.2) is 5.78 Å². The molecule has 206 valence electrons. The highest BCUT2D eigenvalue weighted by atomic mass is 16.5. The van der Waals surface area contributed by atoms with Crippen LogP contribution in [-0.4, -0.2) is 28.4 Å². The van der Waals surface area contributed by atoms with Crippen LogP contribution in [0.15, 0.2) is 114 Å². The number of ketones is 1. The molecule has 5 aromatic rings. The van der Waals surface area contributed by atoms with Gasteiger partial charge in [0.2, 0.25) is 5.89 Å². The Morgan fingerprint density at radius 2 is 1.54 bits per heavy atom. The highest BCUT2D eigenvalue weighted by molar-refractivity contribution is 6.12. The van der Waals surface area contributed by atoms with E-state index in [-0.39, 0.29) is 12.2 Å². The number of hydrogen-bond acceptors (Lipinski definition) is 6. The summed E-state index contributed by atoms with van der Waals surface area (Å²) in [7, 11) is 0. The highest BCUT2D eigenvalue weighted by Gasteiger charge is 2.20. The molecule has 0 aliphatic rings. The molecule has 1 heterocycles. The fourth-order valence-electron chi connectivity index (χ4n) is 4.59. The zero-order valence-corrected chi connectivity index (χ0v) is 22.6. The quantitative estimate of drug-likeness (QED) is 0.161. The van der Waals surface area contributed by atoms with Crippen molar-refractivity contribution in [1.82, 2.24) is 4.98 Å². The molecule has 0 bridgehead atoms. The highest BCUT2D eigenvalue weighted by Crippen LogP contribution is 2.28. The van der Waals surface area contributed by atoms with Crippen molar-refractivity contribution in [2.75, 3.05) is 11.9 Å². The van der Waals surface area contributed by atoms with E-state index in [1.807, 2.05) is 85.8 Å². The zero-order chi connectivity index (χ0) is 28.6. The van der Waals surface area contributed by atoms with Gasteiger partial charge >= 0.3 is 5.97 Å². The van der Waals surface area contributed by atoms with Crippen LogP contribution in [0.3, 0.4) is 0 Å². The molecule has 1 atom stereocenters. The second kappa shape index (κ2) is 12.8. The van der Waals surface area contributed by atoms with E-state index in [1.165, 1.54) is 0 Å². The third kappa shape index (κ3) is 6.89. The molecule has 0 radical (unpaired) electrons. The maximum Gasteiger partial charge on any atom is 0.305 e. The normalized spacial score (nSPS) is 11.5. The molecule has 5 rings (SSSR count). The van der Waals surface area contributed by atoms with Crippen LogP contribution in [0.4, 0.5) is 5.69 Å². The Morgan fingerprint density at radius 1 is 0.878 bits per heavy atom. The van der Waals surface area contributed by atoms with Crippen LogP contribution in [0, 0.1) is 6.92 Å². The van der Waals surface area contributed by atoms with Gasteiger partial charge in [-0.15, -0.1) is 0 Å². The summed E-state index contributed by atoms with van der Waals surface area (Å²) < 4.78 is 11.8. The van der Waals surface area contributed by atoms with Gasteiger partial charge < -0.3 is 19.6 Å². The Labute approximate surface area is 238 Å². The zero-order valence-electron chi connectivity index (χ0n) is 22.6. The molecule has 2 N–H and O–H groups in total. The minimum Gasteiger partial charge on any atom is -0.493 e. The van der Waals surface area contributed by atoms with E-state index in [0.717, 1.165) is 22.6 Å². The molecule has 0 saturated heterocycles. The van der Waals surface area contributed by atoms with Crippen LogP contribution in [0.2, 0.25) is 0 Å². The molecule has 0 aliphatic heterocycles. The third-order valence-electron chi connectivity index (χ3n) is 6.72. The van der Waals surface area contributed by atoms with Gasteiger partial charge in [0, 0.05) is 28.8 Å². The SMILES string of the molecule is Cc1oc(-c2ccccc2)nc1CCOc1ccc(C(CC(=O)O)Nc2ccccc2C(=O)c2ccccc2)cc1. The summed E-state index contributed by atoms with van der Waals surface area (Å²) in [5.74, 6) is 0.923. The van der Waals surface area contributed by atoms with E-state index in [2.05, 4.69) is 10.3 Å². The molecule has 0 spiro atoms. The lowest BCUT2D eigenvalue weighted by Gasteiger charge is -2.21. The first-order valence-corrected chi connectivity index (χ1v) is 13.4. The first-order valence-electron chi connectivity index (χ1n) is 13.4. The molecule has 0 aliphatic carbocycles. The van der Waals surface area contributed by atoms with E-state index in [1.54, 1.807) is 30.3 Å². The van der Waals surface area contributed by atoms with Crippen LogP contribution < -0.4 is 10.1 Å². The van der Waals surface area contributed by atoms with Crippen molar-refractivity contribution in [3.8, 4) is 17.2 Å². The number of carboxylic acids is 1. The van der Waals surface area contributed by atoms with Gasteiger partial charge in [-0.25, -0.2) is 4.98 Å². The number of carbonyl (C=O) groups excluding carboxylic acids is 1. The number of carboxylic acid groups (broad SMARTS) is 1. The fourth-order valence-corrected chi connectivity index (χ4v) is 4.59. The first kappa shape index (κ1) is 27.4. The van der Waals surface area contributed by atoms with Crippen molar-refractivity contribution in [2.24, 2.45) is 0 Å². The van der Waals surface area contributed by atoms with Gasteiger partial charge in [0.05, 0.1) is 24.8 Å². The van der Waals surface area contributed by atoms with Crippen LogP contribution in [0.1, 0.15) is 45.4 Å². The van der Waals surface area contributed by atoms with Gasteiger partial charge in [0.25, 0.3) is 0 Å². The maximum absolute atomic E-state index is 13.2. The maximum atomic E-state index is 13.2. The predicted octanol–water partition coefficient (Wildman–Crippen LogP) is 7.13. The van der Waals surface area contributed by atoms with E-state index in [0.29, 0.717) is 41.5 Å². The number of nitrogens with zero attached hydrogens (tertiary/aromatic N) is 1. The average Bonchev–Trinajstić information content (AvgIpc) is 3.38. The van der Waals surface area contributed by atoms with Crippen LogP contribution in [-0.2, 0) is 11.2 Å². The van der Waals surface area contributed by atoms with Crippen molar-refractivity contribution in [3.05, 3.63) is 137 Å². The number of para-hydroxylation sites is 1. The molecule has 1 unspecified atom stereocenters. The average molecular weight is 547 g/mol. The van der Waals surface area contributed by atoms with Gasteiger partial charge in [-0.1, -0.05) is 72.8 Å². The van der Waals surface area contributed by atoms with Gasteiger partial charge in [-0.05, 0) is 48.9 Å². The number of carbonyl (C=O) groups is 2. The molecule has 1 aromatic heterocycles. The monoisotopic (exact) mass is 546 g/mol. The molecular formula is C34H30N2O5. The molecule has 4 aromatic carbocycles. The lowest BCUT2D eigenvalue weighted by atomic mass is 9.99. The van der Waals surface area contributed by atoms with Gasteiger partial charge in [0.1, 0.15) is 11.5 Å². The standard InChI is InChI=1S/C34H30N2O5/c1-23-29(36-34(41-23)26-12-6-3-7-13-26)20-21-40-27-18-16-24(17-19-27)31(22-32(37)38)35-30-15-9-8-14-28(30)33(39)25-10-4-2-5-11-25/h2-19,31,35H,20-22H2,1H3,(H,37,38). The number of nitrogens with one attached hydrogen (secondary N) is 1. The number of aromatic nitrogens is 1. The lowest BCUT2D eigenvalue weighted by molar-refractivity contribution is -0.137. The molecule has 7 heteroatoms. The summed E-state index contributed by atoms with van der Waals surface area (Å²) in [5, 5.41) is 12.9. The molecule has 7 nitrogen and oxygen atoms in total. The van der Waals surface area contributed by atoms with Crippen molar-refractivity contribution >= 4 is 17.4 Å². The summed E-state index contributed by atoms with van der Waals surface area (Å²) in [4.78, 5) is 29.5.